The van der Waals surface area contributed by atoms with Gasteiger partial charge in [0.2, 0.25) is 0 Å². The standard InChI is InChI=1S/C14H24N2O/c1-11(2)16-9-8-13(15-16)10-14(17)12-6-4-3-5-7-12/h8-9,11-12,14,17H,3-7,10H2,1-2H3. The Bertz CT molecular complexity index is 340. The monoisotopic (exact) mass is 236 g/mol. The summed E-state index contributed by atoms with van der Waals surface area (Å²) in [5, 5.41) is 14.7. The van der Waals surface area contributed by atoms with Crippen LogP contribution in [0.4, 0.5) is 0 Å². The number of rotatable bonds is 4. The van der Waals surface area contributed by atoms with Crippen LogP contribution in [0.3, 0.4) is 0 Å². The van der Waals surface area contributed by atoms with Crippen LogP contribution in [0.25, 0.3) is 0 Å². The Labute approximate surface area is 104 Å². The lowest BCUT2D eigenvalue weighted by Gasteiger charge is -2.26. The Hall–Kier alpha value is -0.830. The van der Waals surface area contributed by atoms with Crippen molar-refractivity contribution in [1.29, 1.82) is 0 Å². The van der Waals surface area contributed by atoms with E-state index in [1.165, 1.54) is 32.1 Å². The molecule has 1 saturated carbocycles. The van der Waals surface area contributed by atoms with Crippen molar-refractivity contribution in [3.8, 4) is 0 Å². The molecule has 0 saturated heterocycles. The molecule has 0 spiro atoms. The minimum Gasteiger partial charge on any atom is -0.392 e. The summed E-state index contributed by atoms with van der Waals surface area (Å²) in [6.45, 7) is 4.24. The Morgan fingerprint density at radius 1 is 1.35 bits per heavy atom. The average molecular weight is 236 g/mol. The van der Waals surface area contributed by atoms with E-state index in [9.17, 15) is 5.11 Å². The first-order valence-electron chi connectivity index (χ1n) is 6.89. The third kappa shape index (κ3) is 3.32. The van der Waals surface area contributed by atoms with E-state index < -0.39 is 0 Å². The molecule has 2 rings (SSSR count). The van der Waals surface area contributed by atoms with Crippen molar-refractivity contribution < 1.29 is 5.11 Å². The van der Waals surface area contributed by atoms with Crippen LogP contribution in [0.2, 0.25) is 0 Å². The van der Waals surface area contributed by atoms with Gasteiger partial charge in [0.1, 0.15) is 0 Å². The molecule has 1 aliphatic rings. The molecule has 1 aromatic heterocycles. The van der Waals surface area contributed by atoms with Crippen LogP contribution in [0.15, 0.2) is 12.3 Å². The largest absolute Gasteiger partial charge is 0.392 e. The first-order valence-corrected chi connectivity index (χ1v) is 6.89. The Morgan fingerprint density at radius 3 is 2.65 bits per heavy atom. The third-order valence-electron chi connectivity index (χ3n) is 3.80. The summed E-state index contributed by atoms with van der Waals surface area (Å²) < 4.78 is 1.96. The highest BCUT2D eigenvalue weighted by Crippen LogP contribution is 2.27. The molecule has 1 fully saturated rings. The second-order valence-corrected chi connectivity index (χ2v) is 5.55. The van der Waals surface area contributed by atoms with E-state index in [1.807, 2.05) is 16.9 Å². The lowest BCUT2D eigenvalue weighted by Crippen LogP contribution is -2.25. The molecule has 3 heteroatoms. The van der Waals surface area contributed by atoms with Gasteiger partial charge in [0.25, 0.3) is 0 Å². The maximum absolute atomic E-state index is 10.2. The highest BCUT2D eigenvalue weighted by atomic mass is 16.3. The number of aliphatic hydroxyl groups is 1. The van der Waals surface area contributed by atoms with Crippen molar-refractivity contribution in [2.75, 3.05) is 0 Å². The molecule has 1 heterocycles. The highest BCUT2D eigenvalue weighted by Gasteiger charge is 2.22. The van der Waals surface area contributed by atoms with E-state index in [0.717, 1.165) is 5.69 Å². The number of aromatic nitrogens is 2. The molecule has 0 amide bonds. The maximum atomic E-state index is 10.2. The molecule has 1 atom stereocenters. The average Bonchev–Trinajstić information content (AvgIpc) is 2.79. The van der Waals surface area contributed by atoms with Gasteiger partial charge in [0, 0.05) is 18.7 Å². The van der Waals surface area contributed by atoms with Gasteiger partial charge in [-0.2, -0.15) is 5.10 Å². The summed E-state index contributed by atoms with van der Waals surface area (Å²) in [5.41, 5.74) is 1.02. The van der Waals surface area contributed by atoms with Crippen LogP contribution in [0, 0.1) is 5.92 Å². The van der Waals surface area contributed by atoms with Gasteiger partial charge < -0.3 is 5.11 Å². The van der Waals surface area contributed by atoms with E-state index in [2.05, 4.69) is 18.9 Å². The predicted molar refractivity (Wildman–Crippen MR) is 68.9 cm³/mol. The molecule has 1 unspecified atom stereocenters. The molecule has 96 valence electrons. The molecule has 0 radical (unpaired) electrons. The van der Waals surface area contributed by atoms with Crippen LogP contribution < -0.4 is 0 Å². The molecule has 0 aromatic carbocycles. The van der Waals surface area contributed by atoms with E-state index in [-0.39, 0.29) is 6.10 Å². The molecule has 1 aromatic rings. The smallest absolute Gasteiger partial charge is 0.0650 e. The van der Waals surface area contributed by atoms with E-state index in [1.54, 1.807) is 0 Å². The minimum absolute atomic E-state index is 0.203. The predicted octanol–water partition coefficient (Wildman–Crippen LogP) is 2.95. The summed E-state index contributed by atoms with van der Waals surface area (Å²) in [5.74, 6) is 0.493. The quantitative estimate of drug-likeness (QED) is 0.872. The van der Waals surface area contributed by atoms with Crippen LogP contribution in [0.5, 0.6) is 0 Å². The summed E-state index contributed by atoms with van der Waals surface area (Å²) in [7, 11) is 0. The molecule has 0 aliphatic heterocycles. The molecule has 17 heavy (non-hydrogen) atoms. The van der Waals surface area contributed by atoms with Gasteiger partial charge in [0.15, 0.2) is 0 Å². The molecule has 3 nitrogen and oxygen atoms in total. The Kier molecular flexibility index (Phi) is 4.21. The summed E-state index contributed by atoms with van der Waals surface area (Å²) in [6, 6.07) is 2.43. The summed E-state index contributed by atoms with van der Waals surface area (Å²) >= 11 is 0. The first-order chi connectivity index (χ1) is 8.16. The van der Waals surface area contributed by atoms with Gasteiger partial charge >= 0.3 is 0 Å². The van der Waals surface area contributed by atoms with E-state index in [0.29, 0.717) is 18.4 Å². The second kappa shape index (κ2) is 5.67. The van der Waals surface area contributed by atoms with Gasteiger partial charge in [-0.25, -0.2) is 0 Å². The van der Waals surface area contributed by atoms with Crippen LogP contribution in [0.1, 0.15) is 57.7 Å². The fraction of sp³-hybridized carbons (Fsp3) is 0.786. The maximum Gasteiger partial charge on any atom is 0.0650 e. The molecular weight excluding hydrogens is 212 g/mol. The fourth-order valence-electron chi connectivity index (χ4n) is 2.67. The van der Waals surface area contributed by atoms with Gasteiger partial charge in [-0.3, -0.25) is 4.68 Å². The topological polar surface area (TPSA) is 38.0 Å². The van der Waals surface area contributed by atoms with Gasteiger partial charge in [0.05, 0.1) is 11.8 Å². The number of aliphatic hydroxyl groups excluding tert-OH is 1. The van der Waals surface area contributed by atoms with Gasteiger partial charge in [-0.05, 0) is 38.7 Å². The van der Waals surface area contributed by atoms with Crippen molar-refractivity contribution in [3.05, 3.63) is 18.0 Å². The number of hydrogen-bond acceptors (Lipinski definition) is 2. The number of nitrogens with zero attached hydrogens (tertiary/aromatic N) is 2. The Morgan fingerprint density at radius 2 is 2.06 bits per heavy atom. The van der Waals surface area contributed by atoms with Gasteiger partial charge in [-0.15, -0.1) is 0 Å². The van der Waals surface area contributed by atoms with Crippen LogP contribution in [-0.2, 0) is 6.42 Å². The molecule has 1 aliphatic carbocycles. The normalized spacial score (nSPS) is 19.8. The summed E-state index contributed by atoms with van der Waals surface area (Å²) in [4.78, 5) is 0. The molecule has 1 N–H and O–H groups in total. The number of hydrogen-bond donors (Lipinski definition) is 1. The van der Waals surface area contributed by atoms with Gasteiger partial charge in [-0.1, -0.05) is 19.3 Å². The molecule has 0 bridgehead atoms. The SMILES string of the molecule is CC(C)n1ccc(CC(O)C2CCCCC2)n1. The second-order valence-electron chi connectivity index (χ2n) is 5.55. The lowest BCUT2D eigenvalue weighted by atomic mass is 9.84. The third-order valence-corrected chi connectivity index (χ3v) is 3.80. The highest BCUT2D eigenvalue weighted by molar-refractivity contribution is 5.01. The van der Waals surface area contributed by atoms with Crippen molar-refractivity contribution in [2.45, 2.75) is 64.5 Å². The van der Waals surface area contributed by atoms with Crippen molar-refractivity contribution in [1.82, 2.24) is 9.78 Å². The molecular formula is C14H24N2O. The van der Waals surface area contributed by atoms with Crippen molar-refractivity contribution >= 4 is 0 Å². The minimum atomic E-state index is -0.203. The van der Waals surface area contributed by atoms with E-state index in [4.69, 9.17) is 0 Å². The van der Waals surface area contributed by atoms with Crippen LogP contribution in [-0.4, -0.2) is 21.0 Å². The zero-order valence-corrected chi connectivity index (χ0v) is 11.0. The lowest BCUT2D eigenvalue weighted by molar-refractivity contribution is 0.0841. The summed E-state index contributed by atoms with van der Waals surface area (Å²) in [6.07, 6.45) is 8.79. The zero-order valence-electron chi connectivity index (χ0n) is 11.0. The van der Waals surface area contributed by atoms with Crippen LogP contribution >= 0.6 is 0 Å². The van der Waals surface area contributed by atoms with E-state index >= 15 is 0 Å². The van der Waals surface area contributed by atoms with Crippen molar-refractivity contribution in [3.63, 3.8) is 0 Å². The zero-order chi connectivity index (χ0) is 12.3. The van der Waals surface area contributed by atoms with Crippen molar-refractivity contribution in [2.24, 2.45) is 5.92 Å². The Balaban J connectivity index is 1.90. The fourth-order valence-corrected chi connectivity index (χ4v) is 2.67. The first kappa shape index (κ1) is 12.6.